The molecule has 2 aliphatic heterocycles. The maximum Gasteiger partial charge on any atom is 0.246 e. The standard InChI is InChI=1S/C14H24N2O4S/c1-4-11-13(17)15-12(9(2)3)14(18)16(11)10-5-7-21(19,20)8-6-10/h9-12H,4-8H2,1-3H3,(H,15,17). The second-order valence-electron chi connectivity index (χ2n) is 6.28. The molecule has 2 atom stereocenters. The highest BCUT2D eigenvalue weighted by molar-refractivity contribution is 7.91. The van der Waals surface area contributed by atoms with Gasteiger partial charge in [-0.25, -0.2) is 8.42 Å². The van der Waals surface area contributed by atoms with Crippen LogP contribution in [0.25, 0.3) is 0 Å². The zero-order valence-corrected chi connectivity index (χ0v) is 13.6. The summed E-state index contributed by atoms with van der Waals surface area (Å²) < 4.78 is 23.1. The normalized spacial score (nSPS) is 30.6. The summed E-state index contributed by atoms with van der Waals surface area (Å²) in [5, 5.41) is 2.80. The van der Waals surface area contributed by atoms with Gasteiger partial charge in [0.25, 0.3) is 0 Å². The van der Waals surface area contributed by atoms with E-state index in [9.17, 15) is 18.0 Å². The van der Waals surface area contributed by atoms with Crippen LogP contribution in [0.1, 0.15) is 40.0 Å². The zero-order valence-electron chi connectivity index (χ0n) is 12.8. The van der Waals surface area contributed by atoms with Gasteiger partial charge in [-0.15, -0.1) is 0 Å². The number of sulfone groups is 1. The van der Waals surface area contributed by atoms with Crippen molar-refractivity contribution in [1.82, 2.24) is 10.2 Å². The van der Waals surface area contributed by atoms with Crippen molar-refractivity contribution in [3.63, 3.8) is 0 Å². The van der Waals surface area contributed by atoms with Crippen LogP contribution in [0.15, 0.2) is 0 Å². The summed E-state index contributed by atoms with van der Waals surface area (Å²) >= 11 is 0. The van der Waals surface area contributed by atoms with Gasteiger partial charge in [0.15, 0.2) is 0 Å². The maximum absolute atomic E-state index is 12.7. The molecule has 21 heavy (non-hydrogen) atoms. The molecular formula is C14H24N2O4S. The third kappa shape index (κ3) is 3.22. The summed E-state index contributed by atoms with van der Waals surface area (Å²) in [5.74, 6) is 0.0385. The highest BCUT2D eigenvalue weighted by atomic mass is 32.2. The van der Waals surface area contributed by atoms with E-state index in [0.717, 1.165) is 0 Å². The van der Waals surface area contributed by atoms with Gasteiger partial charge in [-0.3, -0.25) is 9.59 Å². The number of carbonyl (C=O) groups is 2. The summed E-state index contributed by atoms with van der Waals surface area (Å²) in [5.41, 5.74) is 0. The molecule has 7 heteroatoms. The Kier molecular flexibility index (Phi) is 4.60. The van der Waals surface area contributed by atoms with Gasteiger partial charge in [0, 0.05) is 6.04 Å². The van der Waals surface area contributed by atoms with E-state index in [1.807, 2.05) is 20.8 Å². The molecule has 0 spiro atoms. The zero-order chi connectivity index (χ0) is 15.8. The second kappa shape index (κ2) is 5.94. The maximum atomic E-state index is 12.7. The fourth-order valence-corrected chi connectivity index (χ4v) is 4.64. The van der Waals surface area contributed by atoms with Gasteiger partial charge in [-0.05, 0) is 25.2 Å². The topological polar surface area (TPSA) is 83.6 Å². The fourth-order valence-electron chi connectivity index (χ4n) is 3.18. The second-order valence-corrected chi connectivity index (χ2v) is 8.59. The van der Waals surface area contributed by atoms with Gasteiger partial charge in [0.2, 0.25) is 11.8 Å². The number of nitrogens with one attached hydrogen (secondary N) is 1. The molecule has 2 fully saturated rings. The molecule has 2 unspecified atom stereocenters. The lowest BCUT2D eigenvalue weighted by Crippen LogP contribution is -2.67. The predicted octanol–water partition coefficient (Wildman–Crippen LogP) is 0.325. The summed E-state index contributed by atoms with van der Waals surface area (Å²) in [6, 6.07) is -1.12. The predicted molar refractivity (Wildman–Crippen MR) is 79.4 cm³/mol. The third-order valence-electron chi connectivity index (χ3n) is 4.43. The SMILES string of the molecule is CCC1C(=O)NC(C(C)C)C(=O)N1C1CCS(=O)(=O)CC1. The van der Waals surface area contributed by atoms with E-state index in [1.54, 1.807) is 4.90 Å². The molecule has 1 N–H and O–H groups in total. The van der Waals surface area contributed by atoms with E-state index in [4.69, 9.17) is 0 Å². The molecule has 0 radical (unpaired) electrons. The van der Waals surface area contributed by atoms with Crippen molar-refractivity contribution in [3.05, 3.63) is 0 Å². The lowest BCUT2D eigenvalue weighted by molar-refractivity contribution is -0.153. The van der Waals surface area contributed by atoms with Crippen molar-refractivity contribution >= 4 is 21.7 Å². The molecule has 0 saturated carbocycles. The molecule has 6 nitrogen and oxygen atoms in total. The van der Waals surface area contributed by atoms with Crippen LogP contribution in [0, 0.1) is 5.92 Å². The van der Waals surface area contributed by atoms with Crippen molar-refractivity contribution in [2.75, 3.05) is 11.5 Å². The van der Waals surface area contributed by atoms with Crippen molar-refractivity contribution in [1.29, 1.82) is 0 Å². The Balaban J connectivity index is 2.24. The molecule has 0 aliphatic carbocycles. The first-order valence-electron chi connectivity index (χ1n) is 7.59. The van der Waals surface area contributed by atoms with Crippen LogP contribution in [0.5, 0.6) is 0 Å². The lowest BCUT2D eigenvalue weighted by atomic mass is 9.94. The molecule has 120 valence electrons. The number of rotatable bonds is 3. The van der Waals surface area contributed by atoms with Crippen LogP contribution in [0.2, 0.25) is 0 Å². The van der Waals surface area contributed by atoms with Crippen LogP contribution < -0.4 is 5.32 Å². The average Bonchev–Trinajstić information content (AvgIpc) is 2.40. The molecule has 0 aromatic rings. The molecule has 2 heterocycles. The number of hydrogen-bond donors (Lipinski definition) is 1. The largest absolute Gasteiger partial charge is 0.342 e. The van der Waals surface area contributed by atoms with Gasteiger partial charge >= 0.3 is 0 Å². The van der Waals surface area contributed by atoms with E-state index in [2.05, 4.69) is 5.32 Å². The Morgan fingerprint density at radius 3 is 2.29 bits per heavy atom. The fraction of sp³-hybridized carbons (Fsp3) is 0.857. The van der Waals surface area contributed by atoms with E-state index >= 15 is 0 Å². The number of carbonyl (C=O) groups excluding carboxylic acids is 2. The van der Waals surface area contributed by atoms with Crippen LogP contribution in [0.4, 0.5) is 0 Å². The molecule has 0 bridgehead atoms. The van der Waals surface area contributed by atoms with Gasteiger partial charge in [-0.1, -0.05) is 20.8 Å². The molecule has 0 aromatic heterocycles. The highest BCUT2D eigenvalue weighted by Gasteiger charge is 2.44. The quantitative estimate of drug-likeness (QED) is 0.813. The summed E-state index contributed by atoms with van der Waals surface area (Å²) in [6.45, 7) is 5.68. The Morgan fingerprint density at radius 2 is 1.81 bits per heavy atom. The summed E-state index contributed by atoms with van der Waals surface area (Å²) in [4.78, 5) is 26.6. The molecule has 2 amide bonds. The van der Waals surface area contributed by atoms with Crippen LogP contribution >= 0.6 is 0 Å². The van der Waals surface area contributed by atoms with E-state index < -0.39 is 21.9 Å². The van der Waals surface area contributed by atoms with Crippen molar-refractivity contribution < 1.29 is 18.0 Å². The van der Waals surface area contributed by atoms with Crippen molar-refractivity contribution in [3.8, 4) is 0 Å². The Morgan fingerprint density at radius 1 is 1.24 bits per heavy atom. The number of nitrogens with zero attached hydrogens (tertiary/aromatic N) is 1. The van der Waals surface area contributed by atoms with Gasteiger partial charge < -0.3 is 10.2 Å². The van der Waals surface area contributed by atoms with Gasteiger partial charge in [-0.2, -0.15) is 0 Å². The number of amides is 2. The number of hydrogen-bond acceptors (Lipinski definition) is 4. The molecule has 2 aliphatic rings. The first-order chi connectivity index (χ1) is 9.76. The number of piperazine rings is 1. The van der Waals surface area contributed by atoms with E-state index in [-0.39, 0.29) is 35.3 Å². The molecule has 2 saturated heterocycles. The van der Waals surface area contributed by atoms with Crippen LogP contribution in [-0.2, 0) is 19.4 Å². The Hall–Kier alpha value is -1.11. The molecule has 2 rings (SSSR count). The lowest BCUT2D eigenvalue weighted by Gasteiger charge is -2.45. The van der Waals surface area contributed by atoms with Crippen LogP contribution in [-0.4, -0.2) is 54.8 Å². The third-order valence-corrected chi connectivity index (χ3v) is 6.14. The molecule has 0 aromatic carbocycles. The summed E-state index contributed by atoms with van der Waals surface area (Å²) in [6.07, 6.45) is 1.41. The molecular weight excluding hydrogens is 292 g/mol. The monoisotopic (exact) mass is 316 g/mol. The van der Waals surface area contributed by atoms with Gasteiger partial charge in [0.1, 0.15) is 21.9 Å². The minimum atomic E-state index is -2.98. The minimum Gasteiger partial charge on any atom is -0.342 e. The first kappa shape index (κ1) is 16.3. The van der Waals surface area contributed by atoms with Crippen molar-refractivity contribution in [2.45, 2.75) is 58.2 Å². The average molecular weight is 316 g/mol. The van der Waals surface area contributed by atoms with Crippen molar-refractivity contribution in [2.24, 2.45) is 5.92 Å². The smallest absolute Gasteiger partial charge is 0.246 e. The van der Waals surface area contributed by atoms with E-state index in [1.165, 1.54) is 0 Å². The van der Waals surface area contributed by atoms with Gasteiger partial charge in [0.05, 0.1) is 11.5 Å². The Bertz CT molecular complexity index is 515. The van der Waals surface area contributed by atoms with Crippen LogP contribution in [0.3, 0.4) is 0 Å². The first-order valence-corrected chi connectivity index (χ1v) is 9.42. The van der Waals surface area contributed by atoms with E-state index in [0.29, 0.717) is 19.3 Å². The Labute approximate surface area is 126 Å². The highest BCUT2D eigenvalue weighted by Crippen LogP contribution is 2.26. The summed E-state index contributed by atoms with van der Waals surface area (Å²) in [7, 11) is -2.98. The minimum absolute atomic E-state index is 0.0223.